The van der Waals surface area contributed by atoms with Crippen molar-refractivity contribution in [2.75, 3.05) is 6.61 Å². The molecule has 6 nitrogen and oxygen atoms in total. The van der Waals surface area contributed by atoms with Gasteiger partial charge in [-0.25, -0.2) is 4.79 Å². The average molecular weight is 272 g/mol. The van der Waals surface area contributed by atoms with Gasteiger partial charge in [0, 0.05) is 5.56 Å². The minimum absolute atomic E-state index is 0.0913. The van der Waals surface area contributed by atoms with Gasteiger partial charge in [-0.1, -0.05) is 5.16 Å². The lowest BCUT2D eigenvalue weighted by Gasteiger charge is -2.11. The molecule has 0 fully saturated rings. The van der Waals surface area contributed by atoms with E-state index in [-0.39, 0.29) is 23.9 Å². The Balaban J connectivity index is 2.37. The molecule has 2 aromatic rings. The summed E-state index contributed by atoms with van der Waals surface area (Å²) in [6, 6.07) is 4.18. The van der Waals surface area contributed by atoms with Gasteiger partial charge in [0.1, 0.15) is 0 Å². The summed E-state index contributed by atoms with van der Waals surface area (Å²) < 4.78 is 38.3. The molecule has 0 unspecified atom stereocenters. The normalized spacial score (nSPS) is 10.7. The van der Waals surface area contributed by atoms with E-state index in [1.54, 1.807) is 6.92 Å². The van der Waals surface area contributed by atoms with E-state index in [4.69, 9.17) is 4.74 Å². The van der Waals surface area contributed by atoms with Crippen LogP contribution in [0.1, 0.15) is 6.92 Å². The van der Waals surface area contributed by atoms with Gasteiger partial charge >= 0.3 is 12.4 Å². The number of nitrogens with zero attached hydrogens (tertiary/aromatic N) is 1. The Morgan fingerprint density at radius 2 is 2.21 bits per heavy atom. The van der Waals surface area contributed by atoms with Gasteiger partial charge in [-0.2, -0.15) is 8.78 Å². The van der Waals surface area contributed by atoms with Crippen molar-refractivity contribution in [1.29, 1.82) is 0 Å². The van der Waals surface area contributed by atoms with E-state index in [1.165, 1.54) is 18.2 Å². The van der Waals surface area contributed by atoms with Crippen LogP contribution in [0.4, 0.5) is 8.78 Å². The lowest BCUT2D eigenvalue weighted by molar-refractivity contribution is -0.0514. The maximum absolute atomic E-state index is 12.2. The Morgan fingerprint density at radius 1 is 1.42 bits per heavy atom. The predicted octanol–water partition coefficient (Wildman–Crippen LogP) is 2.03. The van der Waals surface area contributed by atoms with E-state index in [2.05, 4.69) is 19.4 Å². The number of aromatic amines is 1. The fourth-order valence-electron chi connectivity index (χ4n) is 1.47. The molecule has 0 bridgehead atoms. The van der Waals surface area contributed by atoms with Crippen LogP contribution in [-0.4, -0.2) is 23.4 Å². The lowest BCUT2D eigenvalue weighted by atomic mass is 10.2. The molecule has 1 heterocycles. The van der Waals surface area contributed by atoms with Gasteiger partial charge < -0.3 is 9.47 Å². The van der Waals surface area contributed by atoms with Crippen LogP contribution in [0.15, 0.2) is 27.5 Å². The summed E-state index contributed by atoms with van der Waals surface area (Å²) in [6.45, 7) is -0.966. The second kappa shape index (κ2) is 5.51. The zero-order valence-corrected chi connectivity index (χ0v) is 9.85. The van der Waals surface area contributed by atoms with Crippen LogP contribution >= 0.6 is 0 Å². The molecule has 0 aliphatic carbocycles. The number of H-pyrrole nitrogens is 1. The molecule has 1 N–H and O–H groups in total. The van der Waals surface area contributed by atoms with Crippen molar-refractivity contribution in [3.05, 3.63) is 28.7 Å². The van der Waals surface area contributed by atoms with Crippen LogP contribution in [0.25, 0.3) is 11.4 Å². The number of alkyl halides is 2. The molecule has 0 saturated heterocycles. The number of rotatable bonds is 5. The zero-order chi connectivity index (χ0) is 13.8. The molecule has 0 atom stereocenters. The first kappa shape index (κ1) is 13.1. The van der Waals surface area contributed by atoms with Gasteiger partial charge in [0.05, 0.1) is 6.61 Å². The van der Waals surface area contributed by atoms with E-state index >= 15 is 0 Å². The number of ether oxygens (including phenoxy) is 2. The van der Waals surface area contributed by atoms with Crippen molar-refractivity contribution in [2.24, 2.45) is 0 Å². The third kappa shape index (κ3) is 3.09. The number of hydrogen-bond donors (Lipinski definition) is 1. The predicted molar refractivity (Wildman–Crippen MR) is 60.4 cm³/mol. The highest BCUT2D eigenvalue weighted by Gasteiger charge is 2.13. The Kier molecular flexibility index (Phi) is 3.79. The molecule has 0 radical (unpaired) electrons. The minimum Gasteiger partial charge on any atom is -0.490 e. The van der Waals surface area contributed by atoms with Gasteiger partial charge in [0.15, 0.2) is 17.3 Å². The molecule has 0 aliphatic heterocycles. The van der Waals surface area contributed by atoms with Crippen LogP contribution in [0.5, 0.6) is 11.5 Å². The number of benzene rings is 1. The molecule has 19 heavy (non-hydrogen) atoms. The monoisotopic (exact) mass is 272 g/mol. The van der Waals surface area contributed by atoms with Crippen molar-refractivity contribution in [2.45, 2.75) is 13.5 Å². The largest absolute Gasteiger partial charge is 0.490 e. The lowest BCUT2D eigenvalue weighted by Crippen LogP contribution is -2.04. The Bertz CT molecular complexity index is 609. The molecular formula is C11H10F2N2O4. The SMILES string of the molecule is CCOc1cc(-c2noc(=O)[nH]2)ccc1OC(F)F. The van der Waals surface area contributed by atoms with Crippen LogP contribution in [0.3, 0.4) is 0 Å². The quantitative estimate of drug-likeness (QED) is 0.901. The summed E-state index contributed by atoms with van der Waals surface area (Å²) in [6.07, 6.45) is 0. The van der Waals surface area contributed by atoms with Crippen molar-refractivity contribution in [1.82, 2.24) is 10.1 Å². The van der Waals surface area contributed by atoms with E-state index in [1.807, 2.05) is 0 Å². The molecule has 2 rings (SSSR count). The first-order valence-electron chi connectivity index (χ1n) is 5.38. The van der Waals surface area contributed by atoms with Crippen molar-refractivity contribution >= 4 is 0 Å². The van der Waals surface area contributed by atoms with Gasteiger partial charge in [0.2, 0.25) is 0 Å². The Hall–Kier alpha value is -2.38. The van der Waals surface area contributed by atoms with Crippen LogP contribution in [-0.2, 0) is 0 Å². The zero-order valence-electron chi connectivity index (χ0n) is 9.85. The summed E-state index contributed by atoms with van der Waals surface area (Å²) in [7, 11) is 0. The summed E-state index contributed by atoms with van der Waals surface area (Å²) in [5, 5.41) is 3.49. The number of nitrogens with one attached hydrogen (secondary N) is 1. The smallest absolute Gasteiger partial charge is 0.439 e. The van der Waals surface area contributed by atoms with E-state index in [0.717, 1.165) is 0 Å². The third-order valence-corrected chi connectivity index (χ3v) is 2.17. The summed E-state index contributed by atoms with van der Waals surface area (Å²) in [5.74, 6) is -0.494. The fourth-order valence-corrected chi connectivity index (χ4v) is 1.47. The molecule has 0 amide bonds. The standard InChI is InChI=1S/C11H10F2N2O4/c1-2-17-8-5-6(9-14-11(16)19-15-9)3-4-7(8)18-10(12)13/h3-5,10H,2H2,1H3,(H,14,15,16). The van der Waals surface area contributed by atoms with Gasteiger partial charge in [-0.05, 0) is 25.1 Å². The number of hydrogen-bond acceptors (Lipinski definition) is 5. The molecular weight excluding hydrogens is 262 g/mol. The molecule has 0 spiro atoms. The highest BCUT2D eigenvalue weighted by molar-refractivity contribution is 5.60. The molecule has 1 aromatic carbocycles. The van der Waals surface area contributed by atoms with E-state index < -0.39 is 12.4 Å². The highest BCUT2D eigenvalue weighted by atomic mass is 19.3. The van der Waals surface area contributed by atoms with Gasteiger partial charge in [-0.15, -0.1) is 0 Å². The molecule has 102 valence electrons. The number of halogens is 2. The van der Waals surface area contributed by atoms with Gasteiger partial charge in [0.25, 0.3) is 0 Å². The summed E-state index contributed by atoms with van der Waals surface area (Å²) in [5.41, 5.74) is 0.455. The minimum atomic E-state index is -2.95. The second-order valence-corrected chi connectivity index (χ2v) is 3.42. The molecule has 1 aromatic heterocycles. The Labute approximate surface area is 105 Å². The number of aromatic nitrogens is 2. The van der Waals surface area contributed by atoms with Crippen LogP contribution < -0.4 is 15.2 Å². The van der Waals surface area contributed by atoms with Crippen molar-refractivity contribution in [3.8, 4) is 22.9 Å². The maximum Gasteiger partial charge on any atom is 0.439 e. The maximum atomic E-state index is 12.2. The molecule has 0 saturated carbocycles. The van der Waals surface area contributed by atoms with Crippen molar-refractivity contribution < 1.29 is 22.8 Å². The van der Waals surface area contributed by atoms with Gasteiger partial charge in [-0.3, -0.25) is 9.51 Å². The summed E-state index contributed by atoms with van der Waals surface area (Å²) in [4.78, 5) is 13.2. The highest BCUT2D eigenvalue weighted by Crippen LogP contribution is 2.32. The van der Waals surface area contributed by atoms with Crippen molar-refractivity contribution in [3.63, 3.8) is 0 Å². The van der Waals surface area contributed by atoms with E-state index in [9.17, 15) is 13.6 Å². The van der Waals surface area contributed by atoms with Crippen LogP contribution in [0.2, 0.25) is 0 Å². The average Bonchev–Trinajstić information content (AvgIpc) is 2.78. The summed E-state index contributed by atoms with van der Waals surface area (Å²) >= 11 is 0. The fraction of sp³-hybridized carbons (Fsp3) is 0.273. The first-order chi connectivity index (χ1) is 9.10. The second-order valence-electron chi connectivity index (χ2n) is 3.42. The molecule has 0 aliphatic rings. The Morgan fingerprint density at radius 3 is 2.79 bits per heavy atom. The van der Waals surface area contributed by atoms with Crippen LogP contribution in [0, 0.1) is 0 Å². The van der Waals surface area contributed by atoms with E-state index in [0.29, 0.717) is 5.56 Å². The first-order valence-corrected chi connectivity index (χ1v) is 5.38. The molecule has 8 heteroatoms. The topological polar surface area (TPSA) is 77.4 Å². The third-order valence-electron chi connectivity index (χ3n) is 2.17.